The smallest absolute Gasteiger partial charge is 0.182 e. The predicted octanol–water partition coefficient (Wildman–Crippen LogP) is 2.60. The first-order valence-electron chi connectivity index (χ1n) is 6.79. The molecule has 0 saturated carbocycles. The summed E-state index contributed by atoms with van der Waals surface area (Å²) < 4.78 is 14.5. The Morgan fingerprint density at radius 2 is 2.00 bits per heavy atom. The molecule has 0 amide bonds. The SMILES string of the molecule is CC1(C)CNC2=C1CC=C(F)C2(O)c1ccccc1N. The average Bonchev–Trinajstić information content (AvgIpc) is 2.71. The molecule has 0 fully saturated rings. The van der Waals surface area contributed by atoms with E-state index in [0.717, 1.165) is 5.57 Å². The summed E-state index contributed by atoms with van der Waals surface area (Å²) >= 11 is 0. The molecule has 0 bridgehead atoms. The van der Waals surface area contributed by atoms with E-state index in [9.17, 15) is 9.50 Å². The second-order valence-electron chi connectivity index (χ2n) is 6.14. The number of hydrogen-bond acceptors (Lipinski definition) is 3. The second kappa shape index (κ2) is 4.09. The lowest BCUT2D eigenvalue weighted by molar-refractivity contribution is 0.0814. The second-order valence-corrected chi connectivity index (χ2v) is 6.14. The molecule has 0 saturated heterocycles. The molecule has 4 heteroatoms. The summed E-state index contributed by atoms with van der Waals surface area (Å²) in [5, 5.41) is 14.2. The first-order chi connectivity index (χ1) is 9.37. The number of benzene rings is 1. The average molecular weight is 274 g/mol. The van der Waals surface area contributed by atoms with E-state index in [2.05, 4.69) is 19.2 Å². The van der Waals surface area contributed by atoms with Crippen molar-refractivity contribution in [2.45, 2.75) is 25.9 Å². The lowest BCUT2D eigenvalue weighted by atomic mass is 9.76. The molecule has 0 spiro atoms. The van der Waals surface area contributed by atoms with Crippen molar-refractivity contribution in [1.82, 2.24) is 5.32 Å². The molecule has 106 valence electrons. The van der Waals surface area contributed by atoms with Crippen LogP contribution in [0.5, 0.6) is 0 Å². The first-order valence-corrected chi connectivity index (χ1v) is 6.79. The number of anilines is 1. The van der Waals surface area contributed by atoms with E-state index < -0.39 is 11.4 Å². The zero-order valence-corrected chi connectivity index (χ0v) is 11.7. The number of hydrogen-bond donors (Lipinski definition) is 3. The monoisotopic (exact) mass is 274 g/mol. The predicted molar refractivity (Wildman–Crippen MR) is 77.4 cm³/mol. The highest BCUT2D eigenvalue weighted by Crippen LogP contribution is 2.50. The Bertz CT molecular complexity index is 633. The van der Waals surface area contributed by atoms with Crippen LogP contribution in [-0.4, -0.2) is 11.7 Å². The summed E-state index contributed by atoms with van der Waals surface area (Å²) in [6, 6.07) is 6.88. The Labute approximate surface area is 118 Å². The summed E-state index contributed by atoms with van der Waals surface area (Å²) in [6.07, 6.45) is 1.98. The topological polar surface area (TPSA) is 58.3 Å². The molecule has 1 heterocycles. The van der Waals surface area contributed by atoms with E-state index in [1.165, 1.54) is 6.08 Å². The Hall–Kier alpha value is -1.81. The molecule has 2 aliphatic rings. The fourth-order valence-electron chi connectivity index (χ4n) is 3.13. The molecule has 1 atom stereocenters. The number of nitrogen functional groups attached to an aromatic ring is 1. The molecular weight excluding hydrogens is 255 g/mol. The summed E-state index contributed by atoms with van der Waals surface area (Å²) in [5.74, 6) is -0.556. The third-order valence-electron chi connectivity index (χ3n) is 4.37. The van der Waals surface area contributed by atoms with Crippen LogP contribution in [0.3, 0.4) is 0 Å². The zero-order valence-electron chi connectivity index (χ0n) is 11.7. The molecule has 1 aliphatic carbocycles. The van der Waals surface area contributed by atoms with Crippen LogP contribution >= 0.6 is 0 Å². The largest absolute Gasteiger partial charge is 0.398 e. The summed E-state index contributed by atoms with van der Waals surface area (Å²) in [7, 11) is 0. The van der Waals surface area contributed by atoms with Gasteiger partial charge in [-0.1, -0.05) is 32.0 Å². The van der Waals surface area contributed by atoms with Gasteiger partial charge < -0.3 is 16.2 Å². The van der Waals surface area contributed by atoms with E-state index >= 15 is 0 Å². The van der Waals surface area contributed by atoms with Gasteiger partial charge in [-0.2, -0.15) is 0 Å². The van der Waals surface area contributed by atoms with Gasteiger partial charge in [0.1, 0.15) is 5.83 Å². The van der Waals surface area contributed by atoms with Gasteiger partial charge in [-0.05, 0) is 24.1 Å². The molecule has 1 aromatic rings. The van der Waals surface area contributed by atoms with Crippen LogP contribution in [0.15, 0.2) is 47.4 Å². The Balaban J connectivity index is 2.22. The number of aliphatic hydroxyl groups is 1. The number of nitrogens with two attached hydrogens (primary N) is 1. The molecule has 20 heavy (non-hydrogen) atoms. The number of nitrogens with one attached hydrogen (secondary N) is 1. The van der Waals surface area contributed by atoms with Crippen LogP contribution in [0.4, 0.5) is 10.1 Å². The molecule has 3 rings (SSSR count). The van der Waals surface area contributed by atoms with Gasteiger partial charge in [-0.25, -0.2) is 4.39 Å². The van der Waals surface area contributed by atoms with Crippen LogP contribution < -0.4 is 11.1 Å². The van der Waals surface area contributed by atoms with E-state index in [4.69, 9.17) is 5.73 Å². The normalized spacial score (nSPS) is 27.9. The van der Waals surface area contributed by atoms with Gasteiger partial charge in [0.15, 0.2) is 5.60 Å². The fourth-order valence-corrected chi connectivity index (χ4v) is 3.13. The number of para-hydroxylation sites is 1. The molecule has 1 unspecified atom stereocenters. The van der Waals surface area contributed by atoms with Gasteiger partial charge in [0.05, 0.1) is 5.70 Å². The summed E-state index contributed by atoms with van der Waals surface area (Å²) in [4.78, 5) is 0. The highest BCUT2D eigenvalue weighted by atomic mass is 19.1. The maximum Gasteiger partial charge on any atom is 0.182 e. The molecule has 1 aromatic carbocycles. The Kier molecular flexibility index (Phi) is 2.70. The number of halogens is 1. The van der Waals surface area contributed by atoms with Crippen molar-refractivity contribution in [2.75, 3.05) is 12.3 Å². The third-order valence-corrected chi connectivity index (χ3v) is 4.37. The molecule has 0 radical (unpaired) electrons. The van der Waals surface area contributed by atoms with Crippen molar-refractivity contribution in [2.24, 2.45) is 5.41 Å². The van der Waals surface area contributed by atoms with E-state index in [-0.39, 0.29) is 5.41 Å². The molecule has 0 aromatic heterocycles. The molecular formula is C16H19FN2O. The van der Waals surface area contributed by atoms with E-state index in [0.29, 0.717) is 29.9 Å². The van der Waals surface area contributed by atoms with Crippen LogP contribution in [0, 0.1) is 5.41 Å². The minimum Gasteiger partial charge on any atom is -0.398 e. The Morgan fingerprint density at radius 3 is 2.70 bits per heavy atom. The zero-order chi connectivity index (χ0) is 14.5. The molecule has 1 aliphatic heterocycles. The van der Waals surface area contributed by atoms with E-state index in [1.54, 1.807) is 24.3 Å². The number of rotatable bonds is 1. The highest BCUT2D eigenvalue weighted by molar-refractivity contribution is 5.58. The van der Waals surface area contributed by atoms with Gasteiger partial charge in [0.25, 0.3) is 0 Å². The van der Waals surface area contributed by atoms with Gasteiger partial charge in [0, 0.05) is 23.2 Å². The standard InChI is InChI=1S/C16H19FN2O/c1-15(2)9-19-14-11(15)7-8-13(17)16(14,20)10-5-3-4-6-12(10)18/h3-6,8,19-20H,7,9,18H2,1-2H3. The quantitative estimate of drug-likeness (QED) is 0.690. The van der Waals surface area contributed by atoms with Crippen LogP contribution in [0.2, 0.25) is 0 Å². The van der Waals surface area contributed by atoms with Gasteiger partial charge in [0.2, 0.25) is 0 Å². The minimum absolute atomic E-state index is 0.0932. The van der Waals surface area contributed by atoms with Gasteiger partial charge >= 0.3 is 0 Å². The lowest BCUT2D eigenvalue weighted by Gasteiger charge is -2.34. The molecule has 3 nitrogen and oxygen atoms in total. The summed E-state index contributed by atoms with van der Waals surface area (Å²) in [6.45, 7) is 4.87. The van der Waals surface area contributed by atoms with Crippen LogP contribution in [-0.2, 0) is 5.60 Å². The minimum atomic E-state index is -1.79. The molecule has 4 N–H and O–H groups in total. The van der Waals surface area contributed by atoms with Crippen molar-refractivity contribution in [3.8, 4) is 0 Å². The van der Waals surface area contributed by atoms with Crippen molar-refractivity contribution in [1.29, 1.82) is 0 Å². The van der Waals surface area contributed by atoms with Crippen molar-refractivity contribution in [3.05, 3.63) is 53.0 Å². The summed E-state index contributed by atoms with van der Waals surface area (Å²) in [5.41, 5.74) is 6.45. The maximum atomic E-state index is 14.5. The fraction of sp³-hybridized carbons (Fsp3) is 0.375. The van der Waals surface area contributed by atoms with Crippen molar-refractivity contribution >= 4 is 5.69 Å². The number of allylic oxidation sites excluding steroid dienone is 1. The Morgan fingerprint density at radius 1 is 1.30 bits per heavy atom. The maximum absolute atomic E-state index is 14.5. The van der Waals surface area contributed by atoms with E-state index in [1.807, 2.05) is 0 Å². The van der Waals surface area contributed by atoms with Crippen molar-refractivity contribution < 1.29 is 9.50 Å². The van der Waals surface area contributed by atoms with Crippen LogP contribution in [0.1, 0.15) is 25.8 Å². The third kappa shape index (κ3) is 1.61. The van der Waals surface area contributed by atoms with Gasteiger partial charge in [-0.3, -0.25) is 0 Å². The highest BCUT2D eigenvalue weighted by Gasteiger charge is 2.49. The van der Waals surface area contributed by atoms with Crippen LogP contribution in [0.25, 0.3) is 0 Å². The lowest BCUT2D eigenvalue weighted by Crippen LogP contribution is -2.37. The van der Waals surface area contributed by atoms with Gasteiger partial charge in [-0.15, -0.1) is 0 Å². The van der Waals surface area contributed by atoms with Crippen molar-refractivity contribution in [3.63, 3.8) is 0 Å². The first kappa shape index (κ1) is 13.2.